The summed E-state index contributed by atoms with van der Waals surface area (Å²) in [4.78, 5) is 0. The molecule has 0 N–H and O–H groups in total. The molecule has 10 aromatic carbocycles. The molecule has 334 valence electrons. The summed E-state index contributed by atoms with van der Waals surface area (Å²) in [6.45, 7) is 9.10. The van der Waals surface area contributed by atoms with Crippen molar-refractivity contribution in [3.8, 4) is 56.6 Å². The highest BCUT2D eigenvalue weighted by atomic mass is 32.1. The number of benzene rings is 10. The Bertz CT molecular complexity index is 4530. The molecule has 0 spiro atoms. The first-order chi connectivity index (χ1) is 34.8. The Morgan fingerprint density at radius 2 is 1.18 bits per heavy atom. The summed E-state index contributed by atoms with van der Waals surface area (Å²) >= 11 is 1.91. The van der Waals surface area contributed by atoms with Crippen LogP contribution in [0.25, 0.3) is 97.4 Å². The van der Waals surface area contributed by atoms with Crippen molar-refractivity contribution in [2.75, 3.05) is 0 Å². The van der Waals surface area contributed by atoms with E-state index in [9.17, 15) is 0 Å². The van der Waals surface area contributed by atoms with Gasteiger partial charge in [0.1, 0.15) is 23.0 Å². The van der Waals surface area contributed by atoms with E-state index in [0.717, 1.165) is 72.9 Å². The van der Waals surface area contributed by atoms with Crippen LogP contribution in [-0.2, 0) is 5.41 Å². The fourth-order valence-electron chi connectivity index (χ4n) is 13.0. The normalized spacial score (nSPS) is 13.9. The maximum Gasteiger partial charge on any atom is 0.260 e. The standard InChI is InChI=1S/C65H43BN2O2S/c1-36-22-29-53-46(30-36)42-16-9-12-20-52(42)67(53)41-34-56-61-57(35-41)70-55-33-40(24-28-51(55)66(61)50-27-23-39(32-54(50)69-56)38-14-6-5-7-15-38)68-62-43(25-26-49-60(62)44-17-8-11-19-48(44)65(49,3)4)47-31-37(2)59-45-18-10-13-21-58(45)71-64(59)63(47)68/h5-35H,1-4H3. The predicted octanol–water partition coefficient (Wildman–Crippen LogP) is 15.6. The number of hydrogen-bond donors (Lipinski definition) is 0. The lowest BCUT2D eigenvalue weighted by Crippen LogP contribution is -2.57. The van der Waals surface area contributed by atoms with E-state index in [1.54, 1.807) is 0 Å². The average Bonchev–Trinajstić information content (AvgIpc) is 4.12. The third-order valence-electron chi connectivity index (χ3n) is 16.2. The fourth-order valence-corrected chi connectivity index (χ4v) is 14.3. The zero-order chi connectivity index (χ0) is 47.0. The van der Waals surface area contributed by atoms with E-state index in [4.69, 9.17) is 9.47 Å². The highest BCUT2D eigenvalue weighted by Crippen LogP contribution is 2.54. The lowest BCUT2D eigenvalue weighted by atomic mass is 9.35. The van der Waals surface area contributed by atoms with Crippen LogP contribution in [0, 0.1) is 13.8 Å². The summed E-state index contributed by atoms with van der Waals surface area (Å²) < 4.78 is 22.1. The quantitative estimate of drug-likeness (QED) is 0.165. The Hall–Kier alpha value is -8.32. The van der Waals surface area contributed by atoms with Crippen molar-refractivity contribution in [2.24, 2.45) is 0 Å². The minimum Gasteiger partial charge on any atom is -0.458 e. The minimum absolute atomic E-state index is 0.117. The summed E-state index contributed by atoms with van der Waals surface area (Å²) in [6.07, 6.45) is 0. The summed E-state index contributed by atoms with van der Waals surface area (Å²) in [5, 5.41) is 7.62. The summed E-state index contributed by atoms with van der Waals surface area (Å²) in [6, 6.07) is 69.5. The van der Waals surface area contributed by atoms with Gasteiger partial charge in [-0.2, -0.15) is 0 Å². The van der Waals surface area contributed by atoms with Crippen LogP contribution in [0.4, 0.5) is 0 Å². The Kier molecular flexibility index (Phi) is 7.76. The molecular weight excluding hydrogens is 884 g/mol. The van der Waals surface area contributed by atoms with Gasteiger partial charge in [0.2, 0.25) is 0 Å². The van der Waals surface area contributed by atoms with Crippen molar-refractivity contribution in [1.82, 2.24) is 9.13 Å². The number of rotatable bonds is 3. The molecule has 0 radical (unpaired) electrons. The van der Waals surface area contributed by atoms with Gasteiger partial charge in [-0.3, -0.25) is 0 Å². The van der Waals surface area contributed by atoms with Crippen LogP contribution in [0.3, 0.4) is 0 Å². The molecule has 0 atom stereocenters. The largest absolute Gasteiger partial charge is 0.458 e. The van der Waals surface area contributed by atoms with Crippen LogP contribution in [0.2, 0.25) is 0 Å². The van der Waals surface area contributed by atoms with Crippen molar-refractivity contribution in [3.63, 3.8) is 0 Å². The van der Waals surface area contributed by atoms with Gasteiger partial charge in [0, 0.05) is 77.3 Å². The number of aryl methyl sites for hydroxylation is 2. The first kappa shape index (κ1) is 39.5. The molecule has 16 rings (SSSR count). The van der Waals surface area contributed by atoms with Gasteiger partial charge in [0.25, 0.3) is 6.71 Å². The van der Waals surface area contributed by atoms with Gasteiger partial charge in [-0.15, -0.1) is 11.3 Å². The lowest BCUT2D eigenvalue weighted by Gasteiger charge is -2.34. The van der Waals surface area contributed by atoms with Crippen LogP contribution in [-0.4, -0.2) is 15.8 Å². The molecule has 6 heteroatoms. The fraction of sp³-hybridized carbons (Fsp3) is 0.0769. The summed E-state index contributed by atoms with van der Waals surface area (Å²) in [5.41, 5.74) is 20.2. The van der Waals surface area contributed by atoms with Crippen molar-refractivity contribution < 1.29 is 9.47 Å². The molecule has 1 aliphatic carbocycles. The highest BCUT2D eigenvalue weighted by molar-refractivity contribution is 7.26. The topological polar surface area (TPSA) is 28.3 Å². The van der Waals surface area contributed by atoms with E-state index in [1.807, 2.05) is 11.3 Å². The number of thiophene rings is 1. The average molecular weight is 927 g/mol. The van der Waals surface area contributed by atoms with Crippen molar-refractivity contribution in [3.05, 3.63) is 210 Å². The molecular formula is C65H43BN2O2S. The van der Waals surface area contributed by atoms with Gasteiger partial charge in [-0.25, -0.2) is 0 Å². The Labute approximate surface area is 414 Å². The van der Waals surface area contributed by atoms with Crippen molar-refractivity contribution in [2.45, 2.75) is 33.1 Å². The molecule has 0 amide bonds. The number of aromatic nitrogens is 2. The van der Waals surface area contributed by atoms with Gasteiger partial charge in [-0.1, -0.05) is 147 Å². The van der Waals surface area contributed by atoms with E-state index < -0.39 is 0 Å². The van der Waals surface area contributed by atoms with Crippen LogP contribution in [0.5, 0.6) is 23.0 Å². The van der Waals surface area contributed by atoms with Gasteiger partial charge < -0.3 is 18.6 Å². The Morgan fingerprint density at radius 1 is 0.479 bits per heavy atom. The Morgan fingerprint density at radius 3 is 2.03 bits per heavy atom. The minimum atomic E-state index is -0.158. The molecule has 0 fully saturated rings. The number of ether oxygens (including phenoxy) is 2. The van der Waals surface area contributed by atoms with Crippen molar-refractivity contribution in [1.29, 1.82) is 0 Å². The lowest BCUT2D eigenvalue weighted by molar-refractivity contribution is 0.464. The number of hydrogen-bond acceptors (Lipinski definition) is 3. The van der Waals surface area contributed by atoms with Crippen LogP contribution in [0.15, 0.2) is 188 Å². The van der Waals surface area contributed by atoms with Crippen LogP contribution >= 0.6 is 11.3 Å². The zero-order valence-corrected chi connectivity index (χ0v) is 40.4. The first-order valence-electron chi connectivity index (χ1n) is 24.7. The van der Waals surface area contributed by atoms with Crippen molar-refractivity contribution >= 4 is 98.2 Å². The molecule has 13 aromatic rings. The number of para-hydroxylation sites is 1. The second kappa shape index (κ2) is 13.9. The molecule has 71 heavy (non-hydrogen) atoms. The molecule has 0 saturated heterocycles. The number of fused-ring (bicyclic) bond motifs is 18. The van der Waals surface area contributed by atoms with E-state index in [0.29, 0.717) is 0 Å². The van der Waals surface area contributed by atoms with Crippen LogP contribution < -0.4 is 25.9 Å². The van der Waals surface area contributed by atoms with Gasteiger partial charge in [0.05, 0.1) is 32.5 Å². The Balaban J connectivity index is 0.982. The van der Waals surface area contributed by atoms with Gasteiger partial charge in [-0.05, 0) is 101 Å². The molecule has 2 aliphatic heterocycles. The maximum atomic E-state index is 7.41. The molecule has 5 heterocycles. The summed E-state index contributed by atoms with van der Waals surface area (Å²) in [7, 11) is 0. The number of nitrogens with zero attached hydrogens (tertiary/aromatic N) is 2. The molecule has 3 aliphatic rings. The molecule has 3 aromatic heterocycles. The second-order valence-electron chi connectivity index (χ2n) is 20.5. The van der Waals surface area contributed by atoms with E-state index >= 15 is 0 Å². The van der Waals surface area contributed by atoms with Gasteiger partial charge in [0.15, 0.2) is 0 Å². The van der Waals surface area contributed by atoms with E-state index in [-0.39, 0.29) is 12.1 Å². The molecule has 0 saturated carbocycles. The first-order valence-corrected chi connectivity index (χ1v) is 25.5. The highest BCUT2D eigenvalue weighted by Gasteiger charge is 2.42. The second-order valence-corrected chi connectivity index (χ2v) is 21.5. The molecule has 0 unspecified atom stereocenters. The third-order valence-corrected chi connectivity index (χ3v) is 17.4. The van der Waals surface area contributed by atoms with Crippen LogP contribution in [0.1, 0.15) is 36.1 Å². The third kappa shape index (κ3) is 5.24. The summed E-state index contributed by atoms with van der Waals surface area (Å²) in [5.74, 6) is 3.34. The predicted molar refractivity (Wildman–Crippen MR) is 298 cm³/mol. The maximum absolute atomic E-state index is 7.41. The molecule has 0 bridgehead atoms. The van der Waals surface area contributed by atoms with E-state index in [2.05, 4.69) is 225 Å². The SMILES string of the molecule is Cc1ccc2c(c1)c1ccccc1n2-c1cc2c3c(c1)Oc1cc(-n4c5c6c(ccc5c5cc(C)c7c8ccccc8sc7c54)C(C)(C)c4ccccc4-6)ccc1B3c1ccc(-c3ccccc3)cc1O2. The zero-order valence-electron chi connectivity index (χ0n) is 39.6. The smallest absolute Gasteiger partial charge is 0.260 e. The van der Waals surface area contributed by atoms with E-state index in [1.165, 1.54) is 86.1 Å². The molecule has 4 nitrogen and oxygen atoms in total. The van der Waals surface area contributed by atoms with Gasteiger partial charge >= 0.3 is 0 Å². The monoisotopic (exact) mass is 926 g/mol.